The molecule has 25 heavy (non-hydrogen) atoms. The Morgan fingerprint density at radius 3 is 1.92 bits per heavy atom. The summed E-state index contributed by atoms with van der Waals surface area (Å²) in [5.41, 5.74) is 2.29. The van der Waals surface area contributed by atoms with E-state index in [4.69, 9.17) is 4.74 Å². The van der Waals surface area contributed by atoms with Crippen LogP contribution in [0, 0.1) is 0 Å². The first-order chi connectivity index (χ1) is 12.2. The Hall–Kier alpha value is -2.13. The van der Waals surface area contributed by atoms with Gasteiger partial charge in [-0.2, -0.15) is 0 Å². The van der Waals surface area contributed by atoms with E-state index in [2.05, 4.69) is 43.0 Å². The predicted octanol–water partition coefficient (Wildman–Crippen LogP) is 4.48. The van der Waals surface area contributed by atoms with Gasteiger partial charge in [0.25, 0.3) is 0 Å². The van der Waals surface area contributed by atoms with Gasteiger partial charge < -0.3 is 9.64 Å². The van der Waals surface area contributed by atoms with Crippen LogP contribution in [0.3, 0.4) is 0 Å². The van der Waals surface area contributed by atoms with Crippen molar-refractivity contribution in [3.8, 4) is 0 Å². The molecule has 0 unspecified atom stereocenters. The Morgan fingerprint density at radius 2 is 1.44 bits per heavy atom. The van der Waals surface area contributed by atoms with Crippen molar-refractivity contribution in [2.75, 3.05) is 26.2 Å². The fourth-order valence-corrected chi connectivity index (χ4v) is 3.04. The number of benzene rings is 2. The summed E-state index contributed by atoms with van der Waals surface area (Å²) < 4.78 is 5.49. The summed E-state index contributed by atoms with van der Waals surface area (Å²) in [6, 6.07) is 20.4. The van der Waals surface area contributed by atoms with Crippen LogP contribution in [0.15, 0.2) is 60.7 Å². The quantitative estimate of drug-likeness (QED) is 0.472. The first-order valence-electron chi connectivity index (χ1n) is 9.22. The highest BCUT2D eigenvalue weighted by molar-refractivity contribution is 5.71. The Labute approximate surface area is 151 Å². The standard InChI is InChI=1S/C22H29NO2/c1-3-23(4-2)16-11-17-25-22(24)18-21(19-12-7-5-8-13-19)20-14-9-6-10-15-20/h5-10,12-15,21H,3-4,11,16-18H2,1-2H3. The van der Waals surface area contributed by atoms with Crippen LogP contribution in [0.5, 0.6) is 0 Å². The minimum atomic E-state index is -0.128. The van der Waals surface area contributed by atoms with Crippen LogP contribution in [0.25, 0.3) is 0 Å². The Morgan fingerprint density at radius 1 is 0.920 bits per heavy atom. The highest BCUT2D eigenvalue weighted by Crippen LogP contribution is 2.28. The van der Waals surface area contributed by atoms with Gasteiger partial charge in [0, 0.05) is 12.5 Å². The maximum atomic E-state index is 12.3. The van der Waals surface area contributed by atoms with Gasteiger partial charge in [0.05, 0.1) is 13.0 Å². The second-order valence-corrected chi connectivity index (χ2v) is 6.18. The largest absolute Gasteiger partial charge is 0.466 e. The van der Waals surface area contributed by atoms with Crippen molar-refractivity contribution in [1.82, 2.24) is 4.90 Å². The second-order valence-electron chi connectivity index (χ2n) is 6.18. The molecule has 2 aromatic rings. The van der Waals surface area contributed by atoms with Crippen LogP contribution in [0.1, 0.15) is 43.7 Å². The lowest BCUT2D eigenvalue weighted by molar-refractivity contribution is -0.144. The predicted molar refractivity (Wildman–Crippen MR) is 103 cm³/mol. The second kappa shape index (κ2) is 10.7. The molecule has 0 aromatic heterocycles. The number of nitrogens with zero attached hydrogens (tertiary/aromatic N) is 1. The van der Waals surface area contributed by atoms with Gasteiger partial charge in [-0.25, -0.2) is 0 Å². The van der Waals surface area contributed by atoms with Crippen molar-refractivity contribution >= 4 is 5.97 Å². The lowest BCUT2D eigenvalue weighted by Gasteiger charge is -2.19. The summed E-state index contributed by atoms with van der Waals surface area (Å²) in [6.07, 6.45) is 1.26. The smallest absolute Gasteiger partial charge is 0.306 e. The average molecular weight is 339 g/mol. The zero-order valence-corrected chi connectivity index (χ0v) is 15.4. The fraction of sp³-hybridized carbons (Fsp3) is 0.409. The van der Waals surface area contributed by atoms with E-state index in [-0.39, 0.29) is 11.9 Å². The van der Waals surface area contributed by atoms with Crippen LogP contribution in [-0.4, -0.2) is 37.1 Å². The molecule has 0 atom stereocenters. The molecule has 0 spiro atoms. The molecule has 3 heteroatoms. The maximum absolute atomic E-state index is 12.3. The molecule has 2 rings (SSSR count). The SMILES string of the molecule is CCN(CC)CCCOC(=O)CC(c1ccccc1)c1ccccc1. The van der Waals surface area contributed by atoms with Crippen LogP contribution < -0.4 is 0 Å². The van der Waals surface area contributed by atoms with Crippen LogP contribution in [-0.2, 0) is 9.53 Å². The van der Waals surface area contributed by atoms with Crippen molar-refractivity contribution in [1.29, 1.82) is 0 Å². The Kier molecular flexibility index (Phi) is 8.20. The molecule has 2 aromatic carbocycles. The molecule has 0 bridgehead atoms. The van der Waals surface area contributed by atoms with Crippen LogP contribution in [0.4, 0.5) is 0 Å². The van der Waals surface area contributed by atoms with E-state index in [1.54, 1.807) is 0 Å². The summed E-state index contributed by atoms with van der Waals surface area (Å²) in [6.45, 7) is 7.84. The van der Waals surface area contributed by atoms with Crippen molar-refractivity contribution < 1.29 is 9.53 Å². The van der Waals surface area contributed by atoms with Crippen molar-refractivity contribution in [3.63, 3.8) is 0 Å². The van der Waals surface area contributed by atoms with Gasteiger partial charge in [-0.15, -0.1) is 0 Å². The molecular formula is C22H29NO2. The number of hydrogen-bond donors (Lipinski definition) is 0. The number of rotatable bonds is 10. The normalized spacial score (nSPS) is 11.0. The molecule has 0 saturated carbocycles. The summed E-state index contributed by atoms with van der Waals surface area (Å²) in [5.74, 6) is -0.0880. The Balaban J connectivity index is 1.92. The van der Waals surface area contributed by atoms with E-state index in [1.165, 1.54) is 0 Å². The molecule has 0 N–H and O–H groups in total. The summed E-state index contributed by atoms with van der Waals surface area (Å²) in [7, 11) is 0. The van der Waals surface area contributed by atoms with E-state index in [0.717, 1.165) is 37.2 Å². The molecule has 0 fully saturated rings. The number of ether oxygens (including phenoxy) is 1. The monoisotopic (exact) mass is 339 g/mol. The number of esters is 1. The molecular weight excluding hydrogens is 310 g/mol. The zero-order chi connectivity index (χ0) is 17.9. The van der Waals surface area contributed by atoms with Crippen molar-refractivity contribution in [2.45, 2.75) is 32.6 Å². The highest BCUT2D eigenvalue weighted by Gasteiger charge is 2.18. The van der Waals surface area contributed by atoms with Gasteiger partial charge in [-0.05, 0) is 30.6 Å². The first kappa shape index (κ1) is 19.2. The van der Waals surface area contributed by atoms with Crippen molar-refractivity contribution in [2.24, 2.45) is 0 Å². The van der Waals surface area contributed by atoms with Gasteiger partial charge in [0.1, 0.15) is 0 Å². The zero-order valence-electron chi connectivity index (χ0n) is 15.4. The molecule has 0 aliphatic carbocycles. The van der Waals surface area contributed by atoms with Gasteiger partial charge in [-0.1, -0.05) is 74.5 Å². The van der Waals surface area contributed by atoms with Gasteiger partial charge in [-0.3, -0.25) is 4.79 Å². The molecule has 134 valence electrons. The number of hydrogen-bond acceptors (Lipinski definition) is 3. The summed E-state index contributed by atoms with van der Waals surface area (Å²) >= 11 is 0. The first-order valence-corrected chi connectivity index (χ1v) is 9.22. The van der Waals surface area contributed by atoms with E-state index in [9.17, 15) is 4.79 Å². The third-order valence-corrected chi connectivity index (χ3v) is 4.55. The highest BCUT2D eigenvalue weighted by atomic mass is 16.5. The summed E-state index contributed by atoms with van der Waals surface area (Å²) in [4.78, 5) is 14.7. The van der Waals surface area contributed by atoms with Crippen LogP contribution >= 0.6 is 0 Å². The number of carbonyl (C=O) groups excluding carboxylic acids is 1. The van der Waals surface area contributed by atoms with Gasteiger partial charge in [0.15, 0.2) is 0 Å². The van der Waals surface area contributed by atoms with E-state index < -0.39 is 0 Å². The topological polar surface area (TPSA) is 29.5 Å². The molecule has 3 nitrogen and oxygen atoms in total. The van der Waals surface area contributed by atoms with E-state index in [1.807, 2.05) is 36.4 Å². The Bertz CT molecular complexity index is 569. The fourth-order valence-electron chi connectivity index (χ4n) is 3.04. The lowest BCUT2D eigenvalue weighted by atomic mass is 9.89. The molecule has 0 amide bonds. The van der Waals surface area contributed by atoms with Crippen LogP contribution in [0.2, 0.25) is 0 Å². The lowest BCUT2D eigenvalue weighted by Crippen LogP contribution is -2.25. The molecule has 0 saturated heterocycles. The third kappa shape index (κ3) is 6.35. The number of carbonyl (C=O) groups is 1. The minimum absolute atomic E-state index is 0.0395. The third-order valence-electron chi connectivity index (χ3n) is 4.55. The van der Waals surface area contributed by atoms with E-state index >= 15 is 0 Å². The van der Waals surface area contributed by atoms with E-state index in [0.29, 0.717) is 13.0 Å². The summed E-state index contributed by atoms with van der Waals surface area (Å²) in [5, 5.41) is 0. The molecule has 0 aliphatic heterocycles. The molecule has 0 aliphatic rings. The maximum Gasteiger partial charge on any atom is 0.306 e. The average Bonchev–Trinajstić information content (AvgIpc) is 2.67. The van der Waals surface area contributed by atoms with Gasteiger partial charge in [0.2, 0.25) is 0 Å². The molecule has 0 heterocycles. The van der Waals surface area contributed by atoms with Gasteiger partial charge >= 0.3 is 5.97 Å². The minimum Gasteiger partial charge on any atom is -0.466 e. The van der Waals surface area contributed by atoms with Crippen molar-refractivity contribution in [3.05, 3.63) is 71.8 Å². The molecule has 0 radical (unpaired) electrons.